The summed E-state index contributed by atoms with van der Waals surface area (Å²) in [4.78, 5) is 37.2. The Hall–Kier alpha value is -1.39. The number of imide groups is 1. The van der Waals surface area contributed by atoms with Crippen molar-refractivity contribution in [2.45, 2.75) is 46.0 Å². The zero-order valence-electron chi connectivity index (χ0n) is 11.7. The third kappa shape index (κ3) is 2.80. The Morgan fingerprint density at radius 1 is 1.32 bits per heavy atom. The van der Waals surface area contributed by atoms with Gasteiger partial charge in [0, 0.05) is 13.0 Å². The number of nitrogens with one attached hydrogen (secondary N) is 1. The van der Waals surface area contributed by atoms with E-state index >= 15 is 0 Å². The zero-order valence-corrected chi connectivity index (χ0v) is 11.7. The number of hydrogen-bond acceptors (Lipinski definition) is 3. The Morgan fingerprint density at radius 2 is 1.95 bits per heavy atom. The molecule has 0 bridgehead atoms. The Bertz CT molecular complexity index is 397. The van der Waals surface area contributed by atoms with Crippen molar-refractivity contribution in [1.82, 2.24) is 10.2 Å². The van der Waals surface area contributed by atoms with Crippen molar-refractivity contribution in [3.63, 3.8) is 0 Å². The second-order valence-electron chi connectivity index (χ2n) is 6.15. The minimum Gasteiger partial charge on any atom is -0.354 e. The van der Waals surface area contributed by atoms with Gasteiger partial charge >= 0.3 is 0 Å². The molecule has 1 saturated heterocycles. The summed E-state index contributed by atoms with van der Waals surface area (Å²) in [6, 6.07) is 0. The van der Waals surface area contributed by atoms with E-state index in [9.17, 15) is 14.4 Å². The van der Waals surface area contributed by atoms with Gasteiger partial charge in [0.25, 0.3) is 0 Å². The molecule has 1 heterocycles. The fourth-order valence-electron chi connectivity index (χ4n) is 2.98. The number of rotatable bonds is 4. The third-order valence-corrected chi connectivity index (χ3v) is 4.06. The molecule has 2 aliphatic rings. The lowest BCUT2D eigenvalue weighted by atomic mass is 9.84. The zero-order chi connectivity index (χ0) is 14.0. The normalized spacial score (nSPS) is 21.7. The van der Waals surface area contributed by atoms with Gasteiger partial charge in [0.1, 0.15) is 6.54 Å². The summed E-state index contributed by atoms with van der Waals surface area (Å²) in [5.74, 6) is -0.207. The molecule has 1 aliphatic heterocycles. The summed E-state index contributed by atoms with van der Waals surface area (Å²) in [6.45, 7) is 4.45. The molecule has 1 spiro atoms. The van der Waals surface area contributed by atoms with Gasteiger partial charge < -0.3 is 5.32 Å². The quantitative estimate of drug-likeness (QED) is 0.774. The lowest BCUT2D eigenvalue weighted by Crippen LogP contribution is -2.42. The fraction of sp³-hybridized carbons (Fsp3) is 0.786. The van der Waals surface area contributed by atoms with E-state index in [1.807, 2.05) is 13.8 Å². The van der Waals surface area contributed by atoms with E-state index in [-0.39, 0.29) is 24.3 Å². The second-order valence-corrected chi connectivity index (χ2v) is 6.15. The number of likely N-dealkylation sites (tertiary alicyclic amines) is 1. The summed E-state index contributed by atoms with van der Waals surface area (Å²) < 4.78 is 0. The molecule has 1 N–H and O–H groups in total. The van der Waals surface area contributed by atoms with Crippen LogP contribution in [0.4, 0.5) is 0 Å². The van der Waals surface area contributed by atoms with Crippen molar-refractivity contribution in [1.29, 1.82) is 0 Å². The maximum atomic E-state index is 12.3. The Kier molecular flexibility index (Phi) is 3.92. The minimum atomic E-state index is -0.477. The highest BCUT2D eigenvalue weighted by Crippen LogP contribution is 2.46. The molecule has 1 saturated carbocycles. The number of nitrogens with zero attached hydrogens (tertiary/aromatic N) is 1. The van der Waals surface area contributed by atoms with Gasteiger partial charge in [-0.2, -0.15) is 0 Å². The van der Waals surface area contributed by atoms with Crippen molar-refractivity contribution >= 4 is 17.7 Å². The molecule has 0 radical (unpaired) electrons. The van der Waals surface area contributed by atoms with Crippen LogP contribution < -0.4 is 5.32 Å². The summed E-state index contributed by atoms with van der Waals surface area (Å²) in [5.41, 5.74) is -0.477. The van der Waals surface area contributed by atoms with Crippen LogP contribution in [0.1, 0.15) is 46.0 Å². The fourth-order valence-corrected chi connectivity index (χ4v) is 2.98. The summed E-state index contributed by atoms with van der Waals surface area (Å²) in [5, 5.41) is 2.74. The largest absolute Gasteiger partial charge is 0.354 e. The van der Waals surface area contributed by atoms with Gasteiger partial charge in [-0.1, -0.05) is 26.7 Å². The first-order valence-corrected chi connectivity index (χ1v) is 7.06. The second kappa shape index (κ2) is 5.31. The van der Waals surface area contributed by atoms with E-state index in [4.69, 9.17) is 0 Å². The molecular formula is C14H22N2O3. The van der Waals surface area contributed by atoms with Crippen molar-refractivity contribution < 1.29 is 14.4 Å². The van der Waals surface area contributed by atoms with E-state index in [1.165, 1.54) is 0 Å². The predicted octanol–water partition coefficient (Wildman–Crippen LogP) is 1.08. The molecule has 5 heteroatoms. The maximum Gasteiger partial charge on any atom is 0.240 e. The van der Waals surface area contributed by atoms with Gasteiger partial charge in [-0.05, 0) is 18.8 Å². The molecule has 3 amide bonds. The van der Waals surface area contributed by atoms with Gasteiger partial charge in [-0.15, -0.1) is 0 Å². The lowest BCUT2D eigenvalue weighted by molar-refractivity contribution is -0.144. The molecule has 19 heavy (non-hydrogen) atoms. The lowest BCUT2D eigenvalue weighted by Gasteiger charge is -2.20. The number of carbonyl (C=O) groups excluding carboxylic acids is 3. The summed E-state index contributed by atoms with van der Waals surface area (Å²) in [7, 11) is 0. The molecule has 0 aromatic carbocycles. The van der Waals surface area contributed by atoms with Gasteiger partial charge in [-0.3, -0.25) is 19.3 Å². The first-order valence-electron chi connectivity index (χ1n) is 7.06. The van der Waals surface area contributed by atoms with Crippen LogP contribution in [0.5, 0.6) is 0 Å². The molecule has 106 valence electrons. The third-order valence-electron chi connectivity index (χ3n) is 4.06. The molecule has 1 aliphatic carbocycles. The van der Waals surface area contributed by atoms with E-state index in [2.05, 4.69) is 5.32 Å². The van der Waals surface area contributed by atoms with Gasteiger partial charge in [0.15, 0.2) is 0 Å². The predicted molar refractivity (Wildman–Crippen MR) is 70.1 cm³/mol. The van der Waals surface area contributed by atoms with Crippen LogP contribution in [0.2, 0.25) is 0 Å². The van der Waals surface area contributed by atoms with Crippen molar-refractivity contribution in [3.05, 3.63) is 0 Å². The maximum absolute atomic E-state index is 12.3. The molecule has 0 aromatic heterocycles. The Balaban J connectivity index is 1.95. The molecule has 5 nitrogen and oxygen atoms in total. The van der Waals surface area contributed by atoms with Crippen LogP contribution in [-0.4, -0.2) is 35.7 Å². The molecule has 0 unspecified atom stereocenters. The Labute approximate surface area is 113 Å². The highest BCUT2D eigenvalue weighted by molar-refractivity contribution is 6.08. The molecule has 2 rings (SSSR count). The summed E-state index contributed by atoms with van der Waals surface area (Å²) in [6.07, 6.45) is 3.89. The highest BCUT2D eigenvalue weighted by atomic mass is 16.2. The molecule has 0 aromatic rings. The highest BCUT2D eigenvalue weighted by Gasteiger charge is 2.52. The van der Waals surface area contributed by atoms with Gasteiger partial charge in [-0.25, -0.2) is 0 Å². The smallest absolute Gasteiger partial charge is 0.240 e. The van der Waals surface area contributed by atoms with Crippen LogP contribution in [0.25, 0.3) is 0 Å². The topological polar surface area (TPSA) is 66.5 Å². The van der Waals surface area contributed by atoms with Crippen LogP contribution >= 0.6 is 0 Å². The van der Waals surface area contributed by atoms with E-state index < -0.39 is 5.41 Å². The first-order chi connectivity index (χ1) is 8.94. The Morgan fingerprint density at radius 3 is 2.53 bits per heavy atom. The van der Waals surface area contributed by atoms with Crippen molar-refractivity contribution in [2.24, 2.45) is 11.3 Å². The standard InChI is InChI=1S/C14H22N2O3/c1-10(2)8-15-11(17)9-16-12(18)7-14(13(16)19)5-3-4-6-14/h10H,3-9H2,1-2H3,(H,15,17). The van der Waals surface area contributed by atoms with E-state index in [1.54, 1.807) is 0 Å². The minimum absolute atomic E-state index is 0.119. The number of carbonyl (C=O) groups is 3. The average molecular weight is 266 g/mol. The van der Waals surface area contributed by atoms with E-state index in [0.29, 0.717) is 18.9 Å². The first kappa shape index (κ1) is 14.0. The molecular weight excluding hydrogens is 244 g/mol. The molecule has 0 atom stereocenters. The van der Waals surface area contributed by atoms with Gasteiger partial charge in [0.2, 0.25) is 17.7 Å². The van der Waals surface area contributed by atoms with Crippen LogP contribution in [-0.2, 0) is 14.4 Å². The average Bonchev–Trinajstić information content (AvgIpc) is 2.89. The monoisotopic (exact) mass is 266 g/mol. The number of amides is 3. The van der Waals surface area contributed by atoms with E-state index in [0.717, 1.165) is 30.6 Å². The SMILES string of the molecule is CC(C)CNC(=O)CN1C(=O)CC2(CCCC2)C1=O. The van der Waals surface area contributed by atoms with Crippen molar-refractivity contribution in [2.75, 3.05) is 13.1 Å². The van der Waals surface area contributed by atoms with Gasteiger partial charge in [0.05, 0.1) is 5.41 Å². The van der Waals surface area contributed by atoms with Crippen LogP contribution in [0.15, 0.2) is 0 Å². The number of hydrogen-bond donors (Lipinski definition) is 1. The van der Waals surface area contributed by atoms with Crippen molar-refractivity contribution in [3.8, 4) is 0 Å². The summed E-state index contributed by atoms with van der Waals surface area (Å²) >= 11 is 0. The van der Waals surface area contributed by atoms with Crippen LogP contribution in [0.3, 0.4) is 0 Å². The molecule has 2 fully saturated rings. The van der Waals surface area contributed by atoms with Crippen LogP contribution in [0, 0.1) is 11.3 Å².